The second kappa shape index (κ2) is 7.28. The third kappa shape index (κ3) is 4.52. The summed E-state index contributed by atoms with van der Waals surface area (Å²) in [7, 11) is 0. The summed E-state index contributed by atoms with van der Waals surface area (Å²) >= 11 is 0. The largest absolute Gasteiger partial charge is 0.314 e. The van der Waals surface area contributed by atoms with Crippen LogP contribution in [0.4, 0.5) is 0 Å². The molecule has 5 heteroatoms. The van der Waals surface area contributed by atoms with Gasteiger partial charge in [-0.1, -0.05) is 0 Å². The maximum absolute atomic E-state index is 3.64. The Morgan fingerprint density at radius 2 is 1.59 bits per heavy atom. The van der Waals surface area contributed by atoms with Crippen LogP contribution in [-0.2, 0) is 0 Å². The third-order valence-corrected chi connectivity index (χ3v) is 3.78. The summed E-state index contributed by atoms with van der Waals surface area (Å²) in [5.74, 6) is 0. The highest BCUT2D eigenvalue weighted by molar-refractivity contribution is 4.73. The van der Waals surface area contributed by atoms with E-state index in [1.807, 2.05) is 0 Å². The van der Waals surface area contributed by atoms with Crippen molar-refractivity contribution < 1.29 is 0 Å². The first-order valence-corrected chi connectivity index (χ1v) is 6.97. The Labute approximate surface area is 105 Å². The molecular formula is C12H27N5. The average molecular weight is 241 g/mol. The molecule has 0 aliphatic carbocycles. The standard InChI is InChI=1S/C12H27N5/c1-12(17-10-4-14-5-11-17)15-6-9-16-7-2-13-3-8-16/h12-15H,2-11H2,1H3. The van der Waals surface area contributed by atoms with E-state index in [-0.39, 0.29) is 0 Å². The molecule has 1 atom stereocenters. The second-order valence-electron chi connectivity index (χ2n) is 5.01. The summed E-state index contributed by atoms with van der Waals surface area (Å²) in [4.78, 5) is 5.06. The molecule has 0 aromatic carbocycles. The van der Waals surface area contributed by atoms with Crippen molar-refractivity contribution in [3.63, 3.8) is 0 Å². The molecule has 2 rings (SSSR count). The van der Waals surface area contributed by atoms with Crippen LogP contribution < -0.4 is 16.0 Å². The van der Waals surface area contributed by atoms with E-state index in [1.165, 1.54) is 32.7 Å². The van der Waals surface area contributed by atoms with Crippen molar-refractivity contribution in [2.24, 2.45) is 0 Å². The van der Waals surface area contributed by atoms with Gasteiger partial charge in [-0.05, 0) is 6.92 Å². The van der Waals surface area contributed by atoms with Gasteiger partial charge >= 0.3 is 0 Å². The average Bonchev–Trinajstić information content (AvgIpc) is 2.41. The molecule has 0 radical (unpaired) electrons. The second-order valence-corrected chi connectivity index (χ2v) is 5.01. The molecule has 0 saturated carbocycles. The van der Waals surface area contributed by atoms with Gasteiger partial charge in [-0.3, -0.25) is 9.80 Å². The molecule has 0 aromatic heterocycles. The molecule has 2 heterocycles. The smallest absolute Gasteiger partial charge is 0.0569 e. The minimum absolute atomic E-state index is 0.514. The van der Waals surface area contributed by atoms with E-state index in [4.69, 9.17) is 0 Å². The van der Waals surface area contributed by atoms with Crippen LogP contribution >= 0.6 is 0 Å². The van der Waals surface area contributed by atoms with Crippen LogP contribution in [0.3, 0.4) is 0 Å². The molecule has 5 nitrogen and oxygen atoms in total. The summed E-state index contributed by atoms with van der Waals surface area (Å²) in [6, 6.07) is 0. The lowest BCUT2D eigenvalue weighted by molar-refractivity contribution is 0.150. The van der Waals surface area contributed by atoms with Crippen LogP contribution in [0, 0.1) is 0 Å². The van der Waals surface area contributed by atoms with Crippen LogP contribution in [0.1, 0.15) is 6.92 Å². The van der Waals surface area contributed by atoms with Crippen molar-refractivity contribution in [1.82, 2.24) is 25.8 Å². The highest BCUT2D eigenvalue weighted by Crippen LogP contribution is 1.98. The Bertz CT molecular complexity index is 199. The number of nitrogens with zero attached hydrogens (tertiary/aromatic N) is 2. The number of piperazine rings is 2. The molecule has 0 spiro atoms. The van der Waals surface area contributed by atoms with Crippen LogP contribution in [0.15, 0.2) is 0 Å². The van der Waals surface area contributed by atoms with E-state index >= 15 is 0 Å². The van der Waals surface area contributed by atoms with Gasteiger partial charge < -0.3 is 16.0 Å². The predicted molar refractivity (Wildman–Crippen MR) is 71.2 cm³/mol. The van der Waals surface area contributed by atoms with E-state index < -0.39 is 0 Å². The molecular weight excluding hydrogens is 214 g/mol. The first-order chi connectivity index (χ1) is 8.36. The predicted octanol–water partition coefficient (Wildman–Crippen LogP) is -1.27. The number of nitrogens with one attached hydrogen (secondary N) is 3. The SMILES string of the molecule is CC(NCCN1CCNCC1)N1CCNCC1. The summed E-state index contributed by atoms with van der Waals surface area (Å²) in [6.07, 6.45) is 0.514. The Morgan fingerprint density at radius 3 is 2.24 bits per heavy atom. The maximum Gasteiger partial charge on any atom is 0.0569 e. The van der Waals surface area contributed by atoms with Crippen molar-refractivity contribution in [1.29, 1.82) is 0 Å². The molecule has 17 heavy (non-hydrogen) atoms. The lowest BCUT2D eigenvalue weighted by Crippen LogP contribution is -2.54. The van der Waals surface area contributed by atoms with Gasteiger partial charge in [0.2, 0.25) is 0 Å². The third-order valence-electron chi connectivity index (χ3n) is 3.78. The molecule has 0 amide bonds. The van der Waals surface area contributed by atoms with Crippen LogP contribution in [-0.4, -0.2) is 81.4 Å². The fourth-order valence-corrected chi connectivity index (χ4v) is 2.56. The fourth-order valence-electron chi connectivity index (χ4n) is 2.56. The van der Waals surface area contributed by atoms with Crippen LogP contribution in [0.5, 0.6) is 0 Å². The summed E-state index contributed by atoms with van der Waals surface area (Å²) < 4.78 is 0. The summed E-state index contributed by atoms with van der Waals surface area (Å²) in [6.45, 7) is 13.8. The zero-order chi connectivity index (χ0) is 11.9. The Hall–Kier alpha value is -0.200. The van der Waals surface area contributed by atoms with Gasteiger partial charge in [0, 0.05) is 65.4 Å². The highest BCUT2D eigenvalue weighted by atomic mass is 15.3. The van der Waals surface area contributed by atoms with Gasteiger partial charge in [-0.15, -0.1) is 0 Å². The van der Waals surface area contributed by atoms with Gasteiger partial charge in [0.05, 0.1) is 6.17 Å². The van der Waals surface area contributed by atoms with E-state index in [2.05, 4.69) is 32.7 Å². The van der Waals surface area contributed by atoms with E-state index in [0.29, 0.717) is 6.17 Å². The van der Waals surface area contributed by atoms with Crippen LogP contribution in [0.25, 0.3) is 0 Å². The molecule has 0 bridgehead atoms. The van der Waals surface area contributed by atoms with Crippen molar-refractivity contribution in [2.45, 2.75) is 13.1 Å². The highest BCUT2D eigenvalue weighted by Gasteiger charge is 2.16. The molecule has 2 aliphatic heterocycles. The zero-order valence-corrected chi connectivity index (χ0v) is 11.0. The zero-order valence-electron chi connectivity index (χ0n) is 11.0. The van der Waals surface area contributed by atoms with Crippen molar-refractivity contribution in [3.05, 3.63) is 0 Å². The lowest BCUT2D eigenvalue weighted by Gasteiger charge is -2.34. The van der Waals surface area contributed by atoms with Crippen molar-refractivity contribution >= 4 is 0 Å². The molecule has 100 valence electrons. The molecule has 0 aromatic rings. The van der Waals surface area contributed by atoms with Crippen molar-refractivity contribution in [3.8, 4) is 0 Å². The summed E-state index contributed by atoms with van der Waals surface area (Å²) in [5.41, 5.74) is 0. The quantitative estimate of drug-likeness (QED) is 0.560. The fraction of sp³-hybridized carbons (Fsp3) is 1.00. The molecule has 3 N–H and O–H groups in total. The minimum Gasteiger partial charge on any atom is -0.314 e. The van der Waals surface area contributed by atoms with E-state index in [1.54, 1.807) is 0 Å². The summed E-state index contributed by atoms with van der Waals surface area (Å²) in [5, 5.41) is 10.4. The van der Waals surface area contributed by atoms with Crippen LogP contribution in [0.2, 0.25) is 0 Å². The van der Waals surface area contributed by atoms with Gasteiger partial charge in [0.25, 0.3) is 0 Å². The number of hydrogen-bond acceptors (Lipinski definition) is 5. The van der Waals surface area contributed by atoms with E-state index in [0.717, 1.165) is 32.7 Å². The van der Waals surface area contributed by atoms with Gasteiger partial charge in [-0.2, -0.15) is 0 Å². The topological polar surface area (TPSA) is 42.6 Å². The maximum atomic E-state index is 3.64. The van der Waals surface area contributed by atoms with Gasteiger partial charge in [0.15, 0.2) is 0 Å². The first-order valence-electron chi connectivity index (χ1n) is 6.97. The molecule has 2 saturated heterocycles. The first kappa shape index (κ1) is 13.2. The Balaban J connectivity index is 1.57. The Kier molecular flexibility index (Phi) is 5.67. The number of rotatable bonds is 5. The molecule has 1 unspecified atom stereocenters. The van der Waals surface area contributed by atoms with Crippen molar-refractivity contribution in [2.75, 3.05) is 65.4 Å². The minimum atomic E-state index is 0.514. The lowest BCUT2D eigenvalue weighted by atomic mass is 10.3. The molecule has 2 fully saturated rings. The number of hydrogen-bond donors (Lipinski definition) is 3. The van der Waals surface area contributed by atoms with Gasteiger partial charge in [0.1, 0.15) is 0 Å². The Morgan fingerprint density at radius 1 is 1.00 bits per heavy atom. The van der Waals surface area contributed by atoms with E-state index in [9.17, 15) is 0 Å². The normalized spacial score (nSPS) is 25.9. The van der Waals surface area contributed by atoms with Gasteiger partial charge in [-0.25, -0.2) is 0 Å². The monoisotopic (exact) mass is 241 g/mol. The molecule has 2 aliphatic rings.